The first kappa shape index (κ1) is 23.4. The minimum atomic E-state index is -1.11. The van der Waals surface area contributed by atoms with Crippen LogP contribution in [-0.2, 0) is 11.2 Å². The lowest BCUT2D eigenvalue weighted by Gasteiger charge is -2.17. The van der Waals surface area contributed by atoms with E-state index < -0.39 is 23.7 Å². The second-order valence-electron chi connectivity index (χ2n) is 8.27. The molecule has 1 aliphatic rings. The number of rotatable bonds is 12. The van der Waals surface area contributed by atoms with Crippen LogP contribution < -0.4 is 0 Å². The Morgan fingerprint density at radius 3 is 2.09 bits per heavy atom. The summed E-state index contributed by atoms with van der Waals surface area (Å²) in [5, 5.41) is 9.59. The minimum Gasteiger partial charge on any atom is -0.481 e. The number of carboxylic acids is 1. The Bertz CT molecular complexity index is 961. The van der Waals surface area contributed by atoms with Crippen molar-refractivity contribution >= 4 is 23.6 Å². The van der Waals surface area contributed by atoms with Gasteiger partial charge in [0.25, 0.3) is 11.8 Å². The Hall–Kier alpha value is -3.28. The van der Waals surface area contributed by atoms with Crippen LogP contribution in [0.15, 0.2) is 48.5 Å². The number of fused-ring (bicyclic) bond motifs is 1. The third-order valence-electron chi connectivity index (χ3n) is 5.96. The predicted octanol–water partition coefficient (Wildman–Crippen LogP) is 4.77. The topological polar surface area (TPSA) is 91.8 Å². The maximum absolute atomic E-state index is 12.7. The second kappa shape index (κ2) is 10.8. The fourth-order valence-electron chi connectivity index (χ4n) is 3.99. The van der Waals surface area contributed by atoms with Crippen molar-refractivity contribution in [3.8, 4) is 0 Å². The maximum atomic E-state index is 12.7. The molecule has 0 saturated carbocycles. The number of hydrogen-bond acceptors (Lipinski definition) is 4. The fraction of sp³-hybridized carbons (Fsp3) is 0.385. The number of amides is 2. The van der Waals surface area contributed by atoms with E-state index in [4.69, 9.17) is 0 Å². The Kier molecular flexibility index (Phi) is 7.92. The number of benzene rings is 2. The van der Waals surface area contributed by atoms with Crippen molar-refractivity contribution in [1.82, 2.24) is 4.90 Å². The van der Waals surface area contributed by atoms with Gasteiger partial charge < -0.3 is 5.11 Å². The van der Waals surface area contributed by atoms with Crippen LogP contribution in [0.3, 0.4) is 0 Å². The second-order valence-corrected chi connectivity index (χ2v) is 8.27. The first-order valence-electron chi connectivity index (χ1n) is 11.2. The molecule has 168 valence electrons. The van der Waals surface area contributed by atoms with E-state index in [9.17, 15) is 24.3 Å². The highest BCUT2D eigenvalue weighted by Gasteiger charge is 2.35. The van der Waals surface area contributed by atoms with Gasteiger partial charge in [0.05, 0.1) is 17.0 Å². The molecule has 0 aliphatic carbocycles. The van der Waals surface area contributed by atoms with Crippen molar-refractivity contribution in [3.05, 3.63) is 70.8 Å². The van der Waals surface area contributed by atoms with E-state index in [2.05, 4.69) is 6.92 Å². The number of aryl methyl sites for hydroxylation is 1. The number of Topliss-reactive ketones (excluding diaryl/α,β-unsaturated/α-hetero) is 1. The maximum Gasteiger partial charge on any atom is 0.307 e. The van der Waals surface area contributed by atoms with Gasteiger partial charge in [-0.2, -0.15) is 0 Å². The van der Waals surface area contributed by atoms with Crippen LogP contribution in [0, 0.1) is 5.92 Å². The summed E-state index contributed by atoms with van der Waals surface area (Å²) < 4.78 is 0. The number of hydrogen-bond donors (Lipinski definition) is 1. The molecule has 2 aromatic carbocycles. The van der Waals surface area contributed by atoms with Gasteiger partial charge in [-0.05, 0) is 37.0 Å². The lowest BCUT2D eigenvalue weighted by molar-refractivity contribution is -0.142. The van der Waals surface area contributed by atoms with Gasteiger partial charge in [0.2, 0.25) is 0 Å². The summed E-state index contributed by atoms with van der Waals surface area (Å²) in [6.07, 6.45) is 5.52. The van der Waals surface area contributed by atoms with Crippen LogP contribution >= 0.6 is 0 Å². The summed E-state index contributed by atoms with van der Waals surface area (Å²) in [5.74, 6) is -3.17. The van der Waals surface area contributed by atoms with Gasteiger partial charge in [0, 0.05) is 18.5 Å². The smallest absolute Gasteiger partial charge is 0.307 e. The third kappa shape index (κ3) is 5.49. The standard InChI is InChI=1S/C26H29NO5/c1-2-3-4-5-8-18-11-13-19(14-12-18)23(28)17-20(26(31)32)15-16-27-24(29)21-9-6-7-10-22(21)25(27)30/h6-7,9-14,20H,2-5,8,15-17H2,1H3,(H,31,32). The molecule has 0 aromatic heterocycles. The van der Waals surface area contributed by atoms with Crippen LogP contribution in [0.1, 0.15) is 82.1 Å². The molecule has 0 fully saturated rings. The zero-order chi connectivity index (χ0) is 23.1. The first-order valence-corrected chi connectivity index (χ1v) is 11.2. The number of carbonyl (C=O) groups excluding carboxylic acids is 3. The molecule has 0 bridgehead atoms. The van der Waals surface area contributed by atoms with Gasteiger partial charge in [0.1, 0.15) is 0 Å². The Morgan fingerprint density at radius 2 is 1.53 bits per heavy atom. The average Bonchev–Trinajstić information content (AvgIpc) is 3.04. The van der Waals surface area contributed by atoms with Gasteiger partial charge in [-0.25, -0.2) is 0 Å². The molecule has 0 saturated heterocycles. The molecule has 6 nitrogen and oxygen atoms in total. The minimum absolute atomic E-state index is 0.0298. The molecule has 1 unspecified atom stereocenters. The summed E-state index contributed by atoms with van der Waals surface area (Å²) in [6, 6.07) is 13.9. The van der Waals surface area contributed by atoms with Gasteiger partial charge in [-0.1, -0.05) is 62.6 Å². The molecule has 2 amide bonds. The zero-order valence-electron chi connectivity index (χ0n) is 18.4. The van der Waals surface area contributed by atoms with E-state index in [-0.39, 0.29) is 25.2 Å². The Balaban J connectivity index is 1.56. The summed E-state index contributed by atoms with van der Waals surface area (Å²) in [7, 11) is 0. The van der Waals surface area contributed by atoms with Gasteiger partial charge >= 0.3 is 5.97 Å². The lowest BCUT2D eigenvalue weighted by Crippen LogP contribution is -2.33. The summed E-state index contributed by atoms with van der Waals surface area (Å²) >= 11 is 0. The van der Waals surface area contributed by atoms with Gasteiger partial charge in [-0.15, -0.1) is 0 Å². The van der Waals surface area contributed by atoms with E-state index >= 15 is 0 Å². The van der Waals surface area contributed by atoms with Crippen molar-refractivity contribution in [1.29, 1.82) is 0 Å². The monoisotopic (exact) mass is 435 g/mol. The largest absolute Gasteiger partial charge is 0.481 e. The number of nitrogens with zero attached hydrogens (tertiary/aromatic N) is 1. The highest BCUT2D eigenvalue weighted by Crippen LogP contribution is 2.24. The number of imide groups is 1. The van der Waals surface area contributed by atoms with Crippen LogP contribution in [-0.4, -0.2) is 40.1 Å². The summed E-state index contributed by atoms with van der Waals surface area (Å²) in [6.45, 7) is 2.14. The van der Waals surface area contributed by atoms with Gasteiger partial charge in [0.15, 0.2) is 5.78 Å². The van der Waals surface area contributed by atoms with Crippen molar-refractivity contribution in [3.63, 3.8) is 0 Å². The van der Waals surface area contributed by atoms with E-state index in [1.54, 1.807) is 36.4 Å². The molecule has 1 aliphatic heterocycles. The molecule has 1 heterocycles. The van der Waals surface area contributed by atoms with Crippen LogP contribution in [0.2, 0.25) is 0 Å². The molecule has 3 rings (SSSR count). The highest BCUT2D eigenvalue weighted by atomic mass is 16.4. The normalized spacial score (nSPS) is 13.8. The highest BCUT2D eigenvalue weighted by molar-refractivity contribution is 6.21. The summed E-state index contributed by atoms with van der Waals surface area (Å²) in [4.78, 5) is 50.4. The molecular weight excluding hydrogens is 406 g/mol. The first-order chi connectivity index (χ1) is 15.4. The van der Waals surface area contributed by atoms with Crippen molar-refractivity contribution < 1.29 is 24.3 Å². The lowest BCUT2D eigenvalue weighted by atomic mass is 9.94. The number of aliphatic carboxylic acids is 1. The fourth-order valence-corrected chi connectivity index (χ4v) is 3.99. The third-order valence-corrected chi connectivity index (χ3v) is 5.96. The Morgan fingerprint density at radius 1 is 0.906 bits per heavy atom. The van der Waals surface area contributed by atoms with E-state index in [0.717, 1.165) is 23.3 Å². The van der Waals surface area contributed by atoms with Crippen LogP contribution in [0.4, 0.5) is 0 Å². The molecule has 6 heteroatoms. The van der Waals surface area contributed by atoms with Crippen molar-refractivity contribution in [2.24, 2.45) is 5.92 Å². The Labute approximate surface area is 188 Å². The molecule has 32 heavy (non-hydrogen) atoms. The molecule has 2 aromatic rings. The van der Waals surface area contributed by atoms with Crippen molar-refractivity contribution in [2.45, 2.75) is 51.9 Å². The summed E-state index contributed by atoms with van der Waals surface area (Å²) in [5.41, 5.74) is 2.30. The molecule has 0 radical (unpaired) electrons. The van der Waals surface area contributed by atoms with E-state index in [1.165, 1.54) is 19.3 Å². The molecule has 1 N–H and O–H groups in total. The van der Waals surface area contributed by atoms with E-state index in [0.29, 0.717) is 16.7 Å². The van der Waals surface area contributed by atoms with Gasteiger partial charge in [-0.3, -0.25) is 24.1 Å². The number of carbonyl (C=O) groups is 4. The predicted molar refractivity (Wildman–Crippen MR) is 121 cm³/mol. The molecular formula is C26H29NO5. The number of carboxylic acid groups (broad SMARTS) is 1. The van der Waals surface area contributed by atoms with Crippen LogP contribution in [0.25, 0.3) is 0 Å². The van der Waals surface area contributed by atoms with Crippen LogP contribution in [0.5, 0.6) is 0 Å². The van der Waals surface area contributed by atoms with Crippen molar-refractivity contribution in [2.75, 3.05) is 6.54 Å². The quantitative estimate of drug-likeness (QED) is 0.295. The number of unbranched alkanes of at least 4 members (excludes halogenated alkanes) is 3. The SMILES string of the molecule is CCCCCCc1ccc(C(=O)CC(CCN2C(=O)c3ccccc3C2=O)C(=O)O)cc1. The van der Waals surface area contributed by atoms with E-state index in [1.807, 2.05) is 12.1 Å². The number of ketones is 1. The average molecular weight is 436 g/mol. The molecule has 0 spiro atoms. The molecule has 1 atom stereocenters. The zero-order valence-corrected chi connectivity index (χ0v) is 18.4.